The van der Waals surface area contributed by atoms with Gasteiger partial charge in [-0.1, -0.05) is 27.7 Å². The molecule has 0 fully saturated rings. The van der Waals surface area contributed by atoms with Crippen molar-refractivity contribution in [3.05, 3.63) is 82.4 Å². The number of carbonyl (C=O) groups is 4. The van der Waals surface area contributed by atoms with Gasteiger partial charge in [-0.05, 0) is 84.0 Å². The fourth-order valence-corrected chi connectivity index (χ4v) is 5.13. The fraction of sp³-hybridized carbons (Fsp3) is 0.405. The number of fused-ring (bicyclic) bond motifs is 6. The highest BCUT2D eigenvalue weighted by Crippen LogP contribution is 2.57. The predicted octanol–water partition coefficient (Wildman–Crippen LogP) is 7.25. The Hall–Kier alpha value is -4.70. The molecular formula is C37H43NO9. The molecule has 0 radical (unpaired) electrons. The second-order valence-electron chi connectivity index (χ2n) is 14.3. The van der Waals surface area contributed by atoms with Gasteiger partial charge in [0.1, 0.15) is 23.0 Å². The van der Waals surface area contributed by atoms with E-state index < -0.39 is 40.3 Å². The van der Waals surface area contributed by atoms with Crippen molar-refractivity contribution in [1.29, 1.82) is 0 Å². The molecule has 3 aromatic carbocycles. The van der Waals surface area contributed by atoms with E-state index in [0.717, 1.165) is 0 Å². The van der Waals surface area contributed by atoms with Gasteiger partial charge >= 0.3 is 23.9 Å². The zero-order valence-corrected chi connectivity index (χ0v) is 28.6. The Labute approximate surface area is 275 Å². The Kier molecular flexibility index (Phi) is 9.60. The quantitative estimate of drug-likeness (QED) is 0.216. The lowest BCUT2D eigenvalue weighted by molar-refractivity contribution is -0.143. The normalized spacial score (nSPS) is 14.3. The van der Waals surface area contributed by atoms with Crippen molar-refractivity contribution in [2.75, 3.05) is 0 Å². The average molecular weight is 646 g/mol. The number of esters is 3. The van der Waals surface area contributed by atoms with Crippen molar-refractivity contribution in [2.45, 2.75) is 86.9 Å². The highest BCUT2D eigenvalue weighted by Gasteiger charge is 2.54. The molecule has 0 saturated heterocycles. The summed E-state index contributed by atoms with van der Waals surface area (Å²) in [5.74, 6) is -1.89. The monoisotopic (exact) mass is 645 g/mol. The average Bonchev–Trinajstić information content (AvgIpc) is 3.23. The number of carboxylic acids is 1. The topological polar surface area (TPSA) is 137 Å². The number of aromatic carboxylic acids is 1. The first-order chi connectivity index (χ1) is 21.7. The van der Waals surface area contributed by atoms with Gasteiger partial charge in [-0.2, -0.15) is 0 Å². The van der Waals surface area contributed by atoms with Gasteiger partial charge in [0, 0.05) is 40.9 Å². The van der Waals surface area contributed by atoms with E-state index in [2.05, 4.69) is 33.0 Å². The van der Waals surface area contributed by atoms with Crippen LogP contribution in [0, 0.1) is 10.8 Å². The maximum absolute atomic E-state index is 13.1. The molecule has 0 unspecified atom stereocenters. The Morgan fingerprint density at radius 3 is 1.57 bits per heavy atom. The lowest BCUT2D eigenvalue weighted by Gasteiger charge is -2.36. The molecule has 47 heavy (non-hydrogen) atoms. The lowest BCUT2D eigenvalue weighted by Crippen LogP contribution is -2.33. The van der Waals surface area contributed by atoms with Crippen LogP contribution in [0.2, 0.25) is 0 Å². The minimum atomic E-state index is -1.57. The molecule has 10 nitrogen and oxygen atoms in total. The van der Waals surface area contributed by atoms with Gasteiger partial charge in [-0.3, -0.25) is 9.59 Å². The molecule has 2 aliphatic rings. The second-order valence-corrected chi connectivity index (χ2v) is 14.3. The van der Waals surface area contributed by atoms with Crippen molar-refractivity contribution in [3.63, 3.8) is 0 Å². The Morgan fingerprint density at radius 1 is 0.723 bits per heavy atom. The molecule has 0 atom stereocenters. The van der Waals surface area contributed by atoms with Crippen LogP contribution in [0.3, 0.4) is 0 Å². The summed E-state index contributed by atoms with van der Waals surface area (Å²) in [6.07, 6.45) is 0. The Morgan fingerprint density at radius 2 is 1.19 bits per heavy atom. The zero-order valence-electron chi connectivity index (χ0n) is 28.6. The smallest absolute Gasteiger partial charge is 0.340 e. The largest absolute Gasteiger partial charge is 0.478 e. The van der Waals surface area contributed by atoms with Crippen molar-refractivity contribution in [3.8, 4) is 23.0 Å². The summed E-state index contributed by atoms with van der Waals surface area (Å²) in [5.41, 5.74) is -1.78. The van der Waals surface area contributed by atoms with Crippen LogP contribution in [0.1, 0.15) is 107 Å². The van der Waals surface area contributed by atoms with Crippen LogP contribution in [0.5, 0.6) is 23.0 Å². The van der Waals surface area contributed by atoms with E-state index in [1.165, 1.54) is 30.3 Å². The summed E-state index contributed by atoms with van der Waals surface area (Å²) in [7, 11) is 0. The second kappa shape index (κ2) is 12.8. The number of benzene rings is 3. The van der Waals surface area contributed by atoms with Gasteiger partial charge in [0.05, 0.1) is 22.0 Å². The maximum atomic E-state index is 13.1. The van der Waals surface area contributed by atoms with Crippen molar-refractivity contribution in [2.24, 2.45) is 10.8 Å². The summed E-state index contributed by atoms with van der Waals surface area (Å²) in [6, 6.07) is 14.8. The van der Waals surface area contributed by atoms with Gasteiger partial charge in [0.25, 0.3) is 0 Å². The Balaban J connectivity index is 0.000000644. The van der Waals surface area contributed by atoms with E-state index in [1.807, 2.05) is 0 Å². The number of ether oxygens (including phenoxy) is 4. The zero-order chi connectivity index (χ0) is 35.1. The first-order valence-electron chi connectivity index (χ1n) is 15.5. The van der Waals surface area contributed by atoms with Crippen molar-refractivity contribution < 1.29 is 43.2 Å². The van der Waals surface area contributed by atoms with Gasteiger partial charge in [-0.15, -0.1) is 0 Å². The first-order valence-corrected chi connectivity index (χ1v) is 15.5. The van der Waals surface area contributed by atoms with Gasteiger partial charge < -0.3 is 29.4 Å². The summed E-state index contributed by atoms with van der Waals surface area (Å²) >= 11 is 0. The minimum absolute atomic E-state index is 0.0301. The van der Waals surface area contributed by atoms with E-state index in [-0.39, 0.29) is 34.1 Å². The number of carbonyl (C=O) groups excluding carboxylic acids is 3. The third kappa shape index (κ3) is 7.33. The van der Waals surface area contributed by atoms with Crippen LogP contribution in [-0.4, -0.2) is 41.1 Å². The molecule has 10 heteroatoms. The lowest BCUT2D eigenvalue weighted by atomic mass is 9.77. The third-order valence-electron chi connectivity index (χ3n) is 7.31. The van der Waals surface area contributed by atoms with Crippen LogP contribution in [0.4, 0.5) is 0 Å². The number of carboxylic acid groups (broad SMARTS) is 1. The molecule has 2 heterocycles. The van der Waals surface area contributed by atoms with E-state index >= 15 is 0 Å². The van der Waals surface area contributed by atoms with Gasteiger partial charge in [-0.25, -0.2) is 9.59 Å². The summed E-state index contributed by atoms with van der Waals surface area (Å²) < 4.78 is 23.4. The molecule has 3 aromatic rings. The highest BCUT2D eigenvalue weighted by molar-refractivity contribution is 5.99. The van der Waals surface area contributed by atoms with Gasteiger partial charge in [0.15, 0.2) is 5.60 Å². The van der Waals surface area contributed by atoms with Gasteiger partial charge in [0.2, 0.25) is 0 Å². The third-order valence-corrected chi connectivity index (χ3v) is 7.31. The summed E-state index contributed by atoms with van der Waals surface area (Å²) in [5, 5.41) is 13.0. The van der Waals surface area contributed by atoms with Crippen LogP contribution in [0.25, 0.3) is 0 Å². The van der Waals surface area contributed by atoms with Crippen molar-refractivity contribution >= 4 is 23.9 Å². The number of hydrogen-bond donors (Lipinski definition) is 2. The molecule has 2 N–H and O–H groups in total. The first kappa shape index (κ1) is 35.2. The minimum Gasteiger partial charge on any atom is -0.478 e. The van der Waals surface area contributed by atoms with E-state index in [0.29, 0.717) is 28.8 Å². The number of nitrogens with one attached hydrogen (secondary N) is 1. The van der Waals surface area contributed by atoms with Crippen LogP contribution >= 0.6 is 0 Å². The molecular weight excluding hydrogens is 602 g/mol. The van der Waals surface area contributed by atoms with Crippen LogP contribution in [-0.2, 0) is 19.9 Å². The SMILES string of the molecule is CC(C)(C)C(=O)Oc1ccc2c(c1)Oc1cc(OC(=O)C(C)(C)C)ccc1C21OC(=O)c2ccc(C(=O)O)cc21.CC(C)NC(C)C. The molecule has 0 aromatic heterocycles. The molecule has 0 bridgehead atoms. The molecule has 0 amide bonds. The maximum Gasteiger partial charge on any atom is 0.340 e. The Bertz CT molecular complexity index is 1640. The van der Waals surface area contributed by atoms with E-state index in [4.69, 9.17) is 18.9 Å². The highest BCUT2D eigenvalue weighted by atomic mass is 16.6. The standard InChI is InChI=1S/C31H28O9.C6H15N/c1-29(2,3)27(35)37-17-8-11-20-23(14-17)39-24-15-18(38-28(36)30(4,5)6)9-12-21(24)31(20)22-13-16(25(32)33)7-10-19(22)26(34)40-31;1-5(2)7-6(3)4/h7-15H,1-6H3,(H,32,33);5-7H,1-4H3. The fourth-order valence-electron chi connectivity index (χ4n) is 5.13. The molecule has 2 aliphatic heterocycles. The summed E-state index contributed by atoms with van der Waals surface area (Å²) in [4.78, 5) is 50.1. The van der Waals surface area contributed by atoms with E-state index in [1.54, 1.807) is 65.8 Å². The molecule has 0 saturated carbocycles. The summed E-state index contributed by atoms with van der Waals surface area (Å²) in [6.45, 7) is 19.0. The van der Waals surface area contributed by atoms with Crippen LogP contribution < -0.4 is 19.5 Å². The number of hydrogen-bond acceptors (Lipinski definition) is 9. The number of rotatable bonds is 5. The molecule has 1 spiro atoms. The van der Waals surface area contributed by atoms with Crippen LogP contribution in [0.15, 0.2) is 54.6 Å². The predicted molar refractivity (Wildman–Crippen MR) is 175 cm³/mol. The molecule has 0 aliphatic carbocycles. The molecule has 250 valence electrons. The van der Waals surface area contributed by atoms with Crippen molar-refractivity contribution in [1.82, 2.24) is 5.32 Å². The van der Waals surface area contributed by atoms with E-state index in [9.17, 15) is 24.3 Å². The molecule has 5 rings (SSSR count).